The third kappa shape index (κ3) is 4.93. The lowest BCUT2D eigenvalue weighted by atomic mass is 9.82. The van der Waals surface area contributed by atoms with E-state index in [0.29, 0.717) is 18.0 Å². The number of ether oxygens (including phenoxy) is 2. The van der Waals surface area contributed by atoms with Crippen molar-refractivity contribution in [2.75, 3.05) is 19.3 Å². The quantitative estimate of drug-likeness (QED) is 0.644. The van der Waals surface area contributed by atoms with E-state index in [4.69, 9.17) is 9.47 Å². The maximum Gasteiger partial charge on any atom is 0.410 e. The molecule has 0 aromatic heterocycles. The van der Waals surface area contributed by atoms with E-state index in [1.54, 1.807) is 17.0 Å². The van der Waals surface area contributed by atoms with E-state index in [1.807, 2.05) is 45.0 Å². The number of piperidine rings is 1. The van der Waals surface area contributed by atoms with Gasteiger partial charge in [-0.3, -0.25) is 0 Å². The molecule has 172 valence electrons. The van der Waals surface area contributed by atoms with Crippen molar-refractivity contribution in [2.24, 2.45) is 0 Å². The van der Waals surface area contributed by atoms with E-state index >= 15 is 0 Å². The number of rotatable bonds is 2. The number of carbonyl (C=O) groups is 1. The molecule has 2 aromatic carbocycles. The van der Waals surface area contributed by atoms with Crippen molar-refractivity contribution in [3.05, 3.63) is 48.0 Å². The second-order valence-electron chi connectivity index (χ2n) is 9.87. The monoisotopic (exact) mass is 457 g/mol. The third-order valence-corrected chi connectivity index (χ3v) is 7.31. The van der Waals surface area contributed by atoms with Gasteiger partial charge in [0.1, 0.15) is 17.0 Å². The highest BCUT2D eigenvalue weighted by Gasteiger charge is 2.41. The predicted molar refractivity (Wildman–Crippen MR) is 124 cm³/mol. The van der Waals surface area contributed by atoms with E-state index in [9.17, 15) is 13.2 Å². The molecule has 0 bridgehead atoms. The van der Waals surface area contributed by atoms with Crippen LogP contribution in [0.25, 0.3) is 11.1 Å². The highest BCUT2D eigenvalue weighted by Crippen LogP contribution is 2.41. The van der Waals surface area contributed by atoms with Gasteiger partial charge in [0, 0.05) is 32.2 Å². The molecule has 7 heteroatoms. The Balaban J connectivity index is 1.44. The number of hydrogen-bond donors (Lipinski definition) is 0. The Labute approximate surface area is 190 Å². The average Bonchev–Trinajstić information content (AvgIpc) is 2.72. The van der Waals surface area contributed by atoms with E-state index in [0.717, 1.165) is 48.1 Å². The minimum Gasteiger partial charge on any atom is -0.487 e. The summed E-state index contributed by atoms with van der Waals surface area (Å²) in [6.07, 6.45) is 4.37. The standard InChI is InChI=1S/C25H31NO5S/c1-24(2,3)31-23(27)26-15-13-25(14-16-26)12-11-20-17-19(7-10-22(20)30-25)18-5-8-21(9-6-18)32(4,28)29/h5-10,17H,11-16H2,1-4H3. The van der Waals surface area contributed by atoms with Crippen molar-refractivity contribution in [1.82, 2.24) is 4.90 Å². The van der Waals surface area contributed by atoms with Crippen LogP contribution in [0.5, 0.6) is 5.75 Å². The lowest BCUT2D eigenvalue weighted by Gasteiger charge is -2.44. The molecule has 2 heterocycles. The number of amides is 1. The van der Waals surface area contributed by atoms with Crippen LogP contribution in [0.1, 0.15) is 45.6 Å². The number of fused-ring (bicyclic) bond motifs is 1. The zero-order valence-electron chi connectivity index (χ0n) is 19.2. The summed E-state index contributed by atoms with van der Waals surface area (Å²) in [5, 5.41) is 0. The van der Waals surface area contributed by atoms with Crippen LogP contribution in [-0.2, 0) is 21.0 Å². The lowest BCUT2D eigenvalue weighted by molar-refractivity contribution is -0.0272. The summed E-state index contributed by atoms with van der Waals surface area (Å²) in [6, 6.07) is 13.1. The van der Waals surface area contributed by atoms with Crippen LogP contribution in [-0.4, -0.2) is 50.0 Å². The Hall–Kier alpha value is -2.54. The largest absolute Gasteiger partial charge is 0.487 e. The Bertz CT molecular complexity index is 1110. The Morgan fingerprint density at radius 3 is 2.22 bits per heavy atom. The molecule has 0 unspecified atom stereocenters. The summed E-state index contributed by atoms with van der Waals surface area (Å²) in [6.45, 7) is 6.91. The maximum absolute atomic E-state index is 12.4. The van der Waals surface area contributed by atoms with Crippen LogP contribution in [0.4, 0.5) is 4.79 Å². The molecule has 2 aromatic rings. The summed E-state index contributed by atoms with van der Waals surface area (Å²) in [5.74, 6) is 0.901. The van der Waals surface area contributed by atoms with Gasteiger partial charge >= 0.3 is 6.09 Å². The van der Waals surface area contributed by atoms with Crippen molar-refractivity contribution in [3.63, 3.8) is 0 Å². The van der Waals surface area contributed by atoms with Gasteiger partial charge in [0.25, 0.3) is 0 Å². The third-order valence-electron chi connectivity index (χ3n) is 6.18. The van der Waals surface area contributed by atoms with E-state index in [-0.39, 0.29) is 11.7 Å². The first-order valence-electron chi connectivity index (χ1n) is 11.0. The summed E-state index contributed by atoms with van der Waals surface area (Å²) in [4.78, 5) is 14.5. The normalized spacial score (nSPS) is 18.1. The summed E-state index contributed by atoms with van der Waals surface area (Å²) < 4.78 is 35.4. The van der Waals surface area contributed by atoms with Crippen LogP contribution < -0.4 is 4.74 Å². The van der Waals surface area contributed by atoms with Crippen molar-refractivity contribution < 1.29 is 22.7 Å². The predicted octanol–water partition coefficient (Wildman–Crippen LogP) is 4.85. The summed E-state index contributed by atoms with van der Waals surface area (Å²) in [5.41, 5.74) is 2.46. The first kappa shape index (κ1) is 22.6. The molecule has 1 spiro atoms. The minimum atomic E-state index is -3.20. The van der Waals surface area contributed by atoms with Gasteiger partial charge in [-0.25, -0.2) is 13.2 Å². The average molecular weight is 458 g/mol. The molecule has 6 nitrogen and oxygen atoms in total. The van der Waals surface area contributed by atoms with Gasteiger partial charge in [0.15, 0.2) is 9.84 Å². The van der Waals surface area contributed by atoms with Crippen LogP contribution in [0.3, 0.4) is 0 Å². The molecule has 0 atom stereocenters. The van der Waals surface area contributed by atoms with Crippen molar-refractivity contribution in [1.29, 1.82) is 0 Å². The molecule has 2 aliphatic heterocycles. The highest BCUT2D eigenvalue weighted by atomic mass is 32.2. The zero-order chi connectivity index (χ0) is 23.1. The van der Waals surface area contributed by atoms with Crippen LogP contribution >= 0.6 is 0 Å². The van der Waals surface area contributed by atoms with Gasteiger partial charge < -0.3 is 14.4 Å². The fourth-order valence-corrected chi connectivity index (χ4v) is 5.00. The molecule has 2 aliphatic rings. The lowest BCUT2D eigenvalue weighted by Crippen LogP contribution is -2.52. The van der Waals surface area contributed by atoms with E-state index in [2.05, 4.69) is 6.07 Å². The number of sulfone groups is 1. The fraction of sp³-hybridized carbons (Fsp3) is 0.480. The molecular weight excluding hydrogens is 426 g/mol. The number of likely N-dealkylation sites (tertiary alicyclic amines) is 1. The second-order valence-corrected chi connectivity index (χ2v) is 11.9. The van der Waals surface area contributed by atoms with Gasteiger partial charge in [0.05, 0.1) is 4.90 Å². The zero-order valence-corrected chi connectivity index (χ0v) is 20.0. The molecule has 1 saturated heterocycles. The van der Waals surface area contributed by atoms with Crippen molar-refractivity contribution in [3.8, 4) is 16.9 Å². The smallest absolute Gasteiger partial charge is 0.410 e. The molecule has 32 heavy (non-hydrogen) atoms. The van der Waals surface area contributed by atoms with Crippen LogP contribution in [0, 0.1) is 0 Å². The topological polar surface area (TPSA) is 72.9 Å². The van der Waals surface area contributed by atoms with Gasteiger partial charge in [-0.1, -0.05) is 18.2 Å². The highest BCUT2D eigenvalue weighted by molar-refractivity contribution is 7.90. The number of hydrogen-bond acceptors (Lipinski definition) is 5. The van der Waals surface area contributed by atoms with Crippen molar-refractivity contribution in [2.45, 2.75) is 62.6 Å². The Kier molecular flexibility index (Phi) is 5.74. The summed E-state index contributed by atoms with van der Waals surface area (Å²) in [7, 11) is -3.20. The molecule has 4 rings (SSSR count). The van der Waals surface area contributed by atoms with Crippen LogP contribution in [0.2, 0.25) is 0 Å². The summed E-state index contributed by atoms with van der Waals surface area (Å²) >= 11 is 0. The Morgan fingerprint density at radius 1 is 1.00 bits per heavy atom. The number of carbonyl (C=O) groups excluding carboxylic acids is 1. The van der Waals surface area contributed by atoms with Gasteiger partial charge in [-0.15, -0.1) is 0 Å². The Morgan fingerprint density at radius 2 is 1.62 bits per heavy atom. The number of aryl methyl sites for hydroxylation is 1. The van der Waals surface area contributed by atoms with Gasteiger partial charge in [0.2, 0.25) is 0 Å². The first-order valence-corrected chi connectivity index (χ1v) is 12.9. The fourth-order valence-electron chi connectivity index (χ4n) is 4.37. The molecular formula is C25H31NO5S. The molecule has 1 fully saturated rings. The van der Waals surface area contributed by atoms with Crippen LogP contribution in [0.15, 0.2) is 47.4 Å². The molecule has 1 amide bonds. The molecule has 0 N–H and O–H groups in total. The van der Waals surface area contributed by atoms with Crippen molar-refractivity contribution >= 4 is 15.9 Å². The SMILES string of the molecule is CC(C)(C)OC(=O)N1CCC2(CCc3cc(-c4ccc(S(C)(=O)=O)cc4)ccc3O2)CC1. The number of nitrogens with zero attached hydrogens (tertiary/aromatic N) is 1. The minimum absolute atomic E-state index is 0.232. The molecule has 0 aliphatic carbocycles. The van der Waals surface area contributed by atoms with E-state index < -0.39 is 15.4 Å². The van der Waals surface area contributed by atoms with Gasteiger partial charge in [-0.05, 0) is 74.6 Å². The first-order chi connectivity index (χ1) is 14.9. The van der Waals surface area contributed by atoms with E-state index in [1.165, 1.54) is 6.26 Å². The second kappa shape index (κ2) is 8.10. The maximum atomic E-state index is 12.4. The molecule has 0 radical (unpaired) electrons. The number of benzene rings is 2. The molecule has 0 saturated carbocycles. The van der Waals surface area contributed by atoms with Gasteiger partial charge in [-0.2, -0.15) is 0 Å².